The molecule has 3 heterocycles. The molecule has 2 aromatic rings. The number of fused-ring (bicyclic) bond motifs is 1. The quantitative estimate of drug-likeness (QED) is 0.909. The number of nitrogens with one attached hydrogen (secondary N) is 1. The highest BCUT2D eigenvalue weighted by molar-refractivity contribution is 7.89. The minimum atomic E-state index is -4.62. The first-order valence-corrected chi connectivity index (χ1v) is 8.19. The normalized spacial score (nSPS) is 18.7. The molecule has 0 aliphatic carbocycles. The van der Waals surface area contributed by atoms with Gasteiger partial charge in [-0.05, 0) is 25.0 Å². The topological polar surface area (TPSA) is 89.8 Å². The van der Waals surface area contributed by atoms with Crippen molar-refractivity contribution >= 4 is 10.0 Å². The van der Waals surface area contributed by atoms with Crippen molar-refractivity contribution in [3.8, 4) is 0 Å². The van der Waals surface area contributed by atoms with Gasteiger partial charge in [0.25, 0.3) is 0 Å². The lowest BCUT2D eigenvalue weighted by atomic mass is 10.1. The zero-order valence-corrected chi connectivity index (χ0v) is 12.5. The zero-order chi connectivity index (χ0) is 16.7. The Morgan fingerprint density at radius 2 is 2.04 bits per heavy atom. The molecular formula is C12H12F3N5O2S. The van der Waals surface area contributed by atoms with Crippen LogP contribution in [-0.4, -0.2) is 28.2 Å². The first-order chi connectivity index (χ1) is 10.8. The van der Waals surface area contributed by atoms with E-state index < -0.39 is 27.9 Å². The van der Waals surface area contributed by atoms with Gasteiger partial charge in [0.15, 0.2) is 0 Å². The molecule has 1 N–H and O–H groups in total. The molecule has 1 aliphatic heterocycles. The number of nitrogens with zero attached hydrogens (tertiary/aromatic N) is 4. The maximum absolute atomic E-state index is 12.5. The Hall–Kier alpha value is -2.01. The number of halogens is 3. The van der Waals surface area contributed by atoms with Crippen LogP contribution in [0.3, 0.4) is 0 Å². The smallest absolute Gasteiger partial charge is 0.250 e. The van der Waals surface area contributed by atoms with Crippen LogP contribution in [0.5, 0.6) is 0 Å². The predicted molar refractivity (Wildman–Crippen MR) is 71.6 cm³/mol. The number of aryl methyl sites for hydroxylation is 1. The zero-order valence-electron chi connectivity index (χ0n) is 11.7. The summed E-state index contributed by atoms with van der Waals surface area (Å²) in [7, 11) is -4.00. The van der Waals surface area contributed by atoms with Gasteiger partial charge in [0.1, 0.15) is 22.7 Å². The number of pyridine rings is 1. The number of sulfonamides is 1. The third-order valence-corrected chi connectivity index (χ3v) is 4.91. The van der Waals surface area contributed by atoms with Crippen molar-refractivity contribution in [2.24, 2.45) is 0 Å². The largest absolute Gasteiger partial charge is 0.433 e. The molecule has 0 fully saturated rings. The van der Waals surface area contributed by atoms with Gasteiger partial charge in [-0.25, -0.2) is 22.8 Å². The Balaban J connectivity index is 1.83. The lowest BCUT2D eigenvalue weighted by Gasteiger charge is -2.23. The lowest BCUT2D eigenvalue weighted by Crippen LogP contribution is -2.33. The van der Waals surface area contributed by atoms with Crippen LogP contribution >= 0.6 is 0 Å². The van der Waals surface area contributed by atoms with Gasteiger partial charge in [-0.1, -0.05) is 0 Å². The van der Waals surface area contributed by atoms with E-state index in [1.807, 2.05) is 0 Å². The van der Waals surface area contributed by atoms with Gasteiger partial charge in [0.2, 0.25) is 10.0 Å². The lowest BCUT2D eigenvalue weighted by molar-refractivity contribution is -0.141. The van der Waals surface area contributed by atoms with E-state index in [1.54, 1.807) is 4.68 Å². The SMILES string of the molecule is O=S(=O)(N[C@H]1CCCn2ncnc21)c1ccc(C(F)(F)F)nc1. The second-order valence-corrected chi connectivity index (χ2v) is 6.75. The number of rotatable bonds is 3. The van der Waals surface area contributed by atoms with E-state index in [2.05, 4.69) is 19.8 Å². The average Bonchev–Trinajstić information content (AvgIpc) is 2.96. The summed E-state index contributed by atoms with van der Waals surface area (Å²) < 4.78 is 66.1. The van der Waals surface area contributed by atoms with Gasteiger partial charge in [-0.2, -0.15) is 18.3 Å². The van der Waals surface area contributed by atoms with E-state index in [-0.39, 0.29) is 4.90 Å². The molecule has 0 saturated heterocycles. The molecule has 124 valence electrons. The van der Waals surface area contributed by atoms with Gasteiger partial charge in [0.05, 0.1) is 6.04 Å². The summed E-state index contributed by atoms with van der Waals surface area (Å²) in [6, 6.07) is 0.947. The summed E-state index contributed by atoms with van der Waals surface area (Å²) in [6.45, 7) is 0.648. The minimum absolute atomic E-state index is 0.331. The van der Waals surface area contributed by atoms with Gasteiger partial charge < -0.3 is 0 Å². The van der Waals surface area contributed by atoms with Crippen LogP contribution < -0.4 is 4.72 Å². The molecular weight excluding hydrogens is 335 g/mol. The van der Waals surface area contributed by atoms with Gasteiger partial charge in [0, 0.05) is 12.7 Å². The van der Waals surface area contributed by atoms with Crippen LogP contribution in [0.25, 0.3) is 0 Å². The molecule has 0 radical (unpaired) electrons. The first-order valence-electron chi connectivity index (χ1n) is 6.71. The van der Waals surface area contributed by atoms with E-state index in [0.717, 1.165) is 12.5 Å². The summed E-state index contributed by atoms with van der Waals surface area (Å²) in [5.41, 5.74) is -1.14. The van der Waals surface area contributed by atoms with E-state index in [4.69, 9.17) is 0 Å². The number of hydrogen-bond acceptors (Lipinski definition) is 5. The van der Waals surface area contributed by atoms with Crippen LogP contribution in [0.4, 0.5) is 13.2 Å². The van der Waals surface area contributed by atoms with Gasteiger partial charge >= 0.3 is 6.18 Å². The van der Waals surface area contributed by atoms with Crippen molar-refractivity contribution in [1.29, 1.82) is 0 Å². The van der Waals surface area contributed by atoms with E-state index >= 15 is 0 Å². The molecule has 3 rings (SSSR count). The molecule has 11 heteroatoms. The third-order valence-electron chi connectivity index (χ3n) is 3.45. The highest BCUT2D eigenvalue weighted by Gasteiger charge is 2.33. The Kier molecular flexibility index (Phi) is 3.84. The molecule has 1 aliphatic rings. The molecule has 1 atom stereocenters. The maximum atomic E-state index is 12.5. The first kappa shape index (κ1) is 15.9. The summed E-state index contributed by atoms with van der Waals surface area (Å²) in [5.74, 6) is 0.486. The van der Waals surface area contributed by atoms with Crippen molar-refractivity contribution < 1.29 is 21.6 Å². The summed E-state index contributed by atoms with van der Waals surface area (Å²) >= 11 is 0. The Morgan fingerprint density at radius 3 is 2.70 bits per heavy atom. The van der Waals surface area contributed by atoms with E-state index in [0.29, 0.717) is 31.1 Å². The molecule has 0 bridgehead atoms. The fraction of sp³-hybridized carbons (Fsp3) is 0.417. The Morgan fingerprint density at radius 1 is 1.26 bits per heavy atom. The highest BCUT2D eigenvalue weighted by Crippen LogP contribution is 2.28. The molecule has 2 aromatic heterocycles. The minimum Gasteiger partial charge on any atom is -0.250 e. The molecule has 7 nitrogen and oxygen atoms in total. The standard InChI is InChI=1S/C12H12F3N5O2S/c13-12(14,15)10-4-3-8(6-16-10)23(21,22)19-9-2-1-5-20-11(9)17-7-18-20/h3-4,6-7,9,19H,1-2,5H2/t9-/m0/s1. The van der Waals surface area contributed by atoms with Gasteiger partial charge in [-0.15, -0.1) is 0 Å². The van der Waals surface area contributed by atoms with Crippen molar-refractivity contribution in [2.45, 2.75) is 36.5 Å². The van der Waals surface area contributed by atoms with Gasteiger partial charge in [-0.3, -0.25) is 4.98 Å². The van der Waals surface area contributed by atoms with E-state index in [9.17, 15) is 21.6 Å². The fourth-order valence-corrected chi connectivity index (χ4v) is 3.54. The average molecular weight is 347 g/mol. The van der Waals surface area contributed by atoms with E-state index in [1.165, 1.54) is 6.33 Å². The van der Waals surface area contributed by atoms with Crippen molar-refractivity contribution in [3.63, 3.8) is 0 Å². The monoisotopic (exact) mass is 347 g/mol. The van der Waals surface area contributed by atoms with Crippen LogP contribution in [-0.2, 0) is 22.7 Å². The van der Waals surface area contributed by atoms with Crippen molar-refractivity contribution in [1.82, 2.24) is 24.5 Å². The second-order valence-electron chi connectivity index (χ2n) is 5.03. The highest BCUT2D eigenvalue weighted by atomic mass is 32.2. The second kappa shape index (κ2) is 5.57. The van der Waals surface area contributed by atoms with Crippen LogP contribution in [0.15, 0.2) is 29.6 Å². The molecule has 23 heavy (non-hydrogen) atoms. The van der Waals surface area contributed by atoms with Crippen molar-refractivity contribution in [2.75, 3.05) is 0 Å². The molecule has 0 aromatic carbocycles. The number of hydrogen-bond donors (Lipinski definition) is 1. The Bertz CT molecular complexity index is 801. The van der Waals surface area contributed by atoms with Crippen molar-refractivity contribution in [3.05, 3.63) is 36.2 Å². The molecule has 0 saturated carbocycles. The maximum Gasteiger partial charge on any atom is 0.433 e. The number of aromatic nitrogens is 4. The summed E-state index contributed by atoms with van der Waals surface area (Å²) in [6.07, 6.45) is -1.34. The van der Waals surface area contributed by atoms with Crippen LogP contribution in [0, 0.1) is 0 Å². The van der Waals surface area contributed by atoms with Crippen LogP contribution in [0.1, 0.15) is 30.4 Å². The third kappa shape index (κ3) is 3.20. The summed E-state index contributed by atoms with van der Waals surface area (Å²) in [4.78, 5) is 6.86. The number of alkyl halides is 3. The molecule has 0 spiro atoms. The predicted octanol–water partition coefficient (Wildman–Crippen LogP) is 1.51. The Labute approximate surface area is 129 Å². The molecule has 0 amide bonds. The fourth-order valence-electron chi connectivity index (χ4n) is 2.36. The molecule has 0 unspecified atom stereocenters. The van der Waals surface area contributed by atoms with Crippen LogP contribution in [0.2, 0.25) is 0 Å². The summed E-state index contributed by atoms with van der Waals surface area (Å²) in [5, 5.41) is 3.98.